The number of benzene rings is 3. The monoisotopic (exact) mass is 896 g/mol. The van der Waals surface area contributed by atoms with Gasteiger partial charge in [0.15, 0.2) is 5.82 Å². The molecule has 4 aliphatic heterocycles. The number of imide groups is 2. The highest BCUT2D eigenvalue weighted by Gasteiger charge is 2.47. The highest BCUT2D eigenvalue weighted by molar-refractivity contribution is 7.70. The van der Waals surface area contributed by atoms with Crippen LogP contribution in [0.5, 0.6) is 5.75 Å². The molecule has 3 saturated heterocycles. The first kappa shape index (κ1) is 43.6. The van der Waals surface area contributed by atoms with Crippen LogP contribution in [0.3, 0.4) is 0 Å². The van der Waals surface area contributed by atoms with Crippen LogP contribution in [0.1, 0.15) is 46.4 Å². The van der Waals surface area contributed by atoms with Crippen molar-refractivity contribution in [3.63, 3.8) is 0 Å². The summed E-state index contributed by atoms with van der Waals surface area (Å²) in [6, 6.07) is 17.5. The van der Waals surface area contributed by atoms with Crippen molar-refractivity contribution in [2.24, 2.45) is 0 Å². The summed E-state index contributed by atoms with van der Waals surface area (Å²) in [4.78, 5) is 82.7. The third-order valence-corrected chi connectivity index (χ3v) is 14.1. The van der Waals surface area contributed by atoms with E-state index in [4.69, 9.17) is 16.3 Å². The summed E-state index contributed by atoms with van der Waals surface area (Å²) in [7, 11) is 0.402. The van der Waals surface area contributed by atoms with E-state index in [0.717, 1.165) is 54.5 Å². The maximum Gasteiger partial charge on any atom is 0.264 e. The zero-order valence-electron chi connectivity index (χ0n) is 35.6. The van der Waals surface area contributed by atoms with E-state index in [1.807, 2.05) is 47.4 Å². The summed E-state index contributed by atoms with van der Waals surface area (Å²) in [5.41, 5.74) is 3.03. The van der Waals surface area contributed by atoms with Crippen molar-refractivity contribution in [3.8, 4) is 5.75 Å². The number of halogens is 1. The molecule has 4 aromatic rings. The molecule has 0 spiro atoms. The highest BCUT2D eigenvalue weighted by Crippen LogP contribution is 2.39. The van der Waals surface area contributed by atoms with E-state index in [0.29, 0.717) is 64.0 Å². The highest BCUT2D eigenvalue weighted by atomic mass is 35.5. The topological polar surface area (TPSA) is 190 Å². The van der Waals surface area contributed by atoms with Crippen LogP contribution in [0.15, 0.2) is 66.9 Å². The summed E-state index contributed by atoms with van der Waals surface area (Å²) in [6.07, 6.45) is 3.56. The van der Waals surface area contributed by atoms with E-state index < -0.39 is 30.9 Å². The van der Waals surface area contributed by atoms with Gasteiger partial charge in [-0.15, -0.1) is 0 Å². The number of nitrogens with one attached hydrogen (secondary N) is 3. The number of piperidine rings is 2. The van der Waals surface area contributed by atoms with Crippen molar-refractivity contribution in [1.82, 2.24) is 29.6 Å². The van der Waals surface area contributed by atoms with Crippen molar-refractivity contribution < 1.29 is 33.3 Å². The Hall–Kier alpha value is -6.03. The average molecular weight is 897 g/mol. The van der Waals surface area contributed by atoms with Crippen LogP contribution >= 0.6 is 18.7 Å². The Morgan fingerprint density at radius 1 is 0.873 bits per heavy atom. The van der Waals surface area contributed by atoms with Crippen LogP contribution in [0, 0.1) is 0 Å². The molecule has 0 radical (unpaired) electrons. The first-order chi connectivity index (χ1) is 30.2. The van der Waals surface area contributed by atoms with Gasteiger partial charge in [-0.25, -0.2) is 4.98 Å². The fourth-order valence-corrected chi connectivity index (χ4v) is 10.1. The molecule has 63 heavy (non-hydrogen) atoms. The first-order valence-corrected chi connectivity index (χ1v) is 23.9. The molecule has 1 aromatic heterocycles. The third-order valence-electron chi connectivity index (χ3n) is 12.2. The summed E-state index contributed by atoms with van der Waals surface area (Å²) in [6.45, 7) is 7.72. The number of ether oxygens (including phenoxy) is 1. The number of methoxy groups -OCH3 is 1. The van der Waals surface area contributed by atoms with E-state index >= 15 is 0 Å². The maximum absolute atomic E-state index is 13.6. The normalized spacial score (nSPS) is 18.8. The van der Waals surface area contributed by atoms with E-state index in [1.54, 1.807) is 32.6 Å². The number of likely N-dealkylation sites (N-methyl/N-ethyl adjacent to an activating group) is 1. The Morgan fingerprint density at radius 3 is 2.33 bits per heavy atom. The largest absolute Gasteiger partial charge is 0.494 e. The Bertz CT molecular complexity index is 2520. The van der Waals surface area contributed by atoms with Crippen LogP contribution in [0.4, 0.5) is 34.5 Å². The number of carbonyl (C=O) groups excluding carboxylic acids is 5. The Balaban J connectivity index is 0.821. The number of carbonyl (C=O) groups is 5. The fourth-order valence-electron chi connectivity index (χ4n) is 8.77. The van der Waals surface area contributed by atoms with Crippen molar-refractivity contribution in [2.45, 2.75) is 37.8 Å². The van der Waals surface area contributed by atoms with Crippen molar-refractivity contribution in [2.75, 3.05) is 94.2 Å². The number of hydrogen-bond acceptors (Lipinski definition) is 14. The molecule has 19 heteroatoms. The molecule has 0 bridgehead atoms. The second-order valence-electron chi connectivity index (χ2n) is 16.4. The number of anilines is 6. The van der Waals surface area contributed by atoms with Crippen LogP contribution in [0.25, 0.3) is 0 Å². The summed E-state index contributed by atoms with van der Waals surface area (Å²) >= 11 is 6.47. The standard InChI is InChI=1S/C44H50ClN10O7P/c1-51-37(56)15-14-34(42(51)59)55-41(58)29-8-7-10-33(39(29)43(55)60)46-26-38(57)54-22-20-53(21-23-54)27-16-18-52(19-17-27)28-12-13-31(35(24-28)62-2)49-44-47-25-30(45)40(50-44)48-32-9-5-6-11-36(32)63(3,4)61/h5-13,24-25,27,34,46H,14-23,26H2,1-4H3,(H2,47,48,49,50). The molecule has 3 aromatic carbocycles. The fraction of sp³-hybridized carbons (Fsp3) is 0.386. The molecule has 1 unspecified atom stereocenters. The van der Waals surface area contributed by atoms with E-state index in [2.05, 4.69) is 35.7 Å². The molecule has 5 amide bonds. The van der Waals surface area contributed by atoms with Gasteiger partial charge in [0, 0.05) is 81.5 Å². The van der Waals surface area contributed by atoms with Crippen molar-refractivity contribution in [3.05, 3.63) is 83.0 Å². The first-order valence-electron chi connectivity index (χ1n) is 20.9. The van der Waals surface area contributed by atoms with Gasteiger partial charge in [0.1, 0.15) is 24.0 Å². The summed E-state index contributed by atoms with van der Waals surface area (Å²) < 4.78 is 18.7. The lowest BCUT2D eigenvalue weighted by Crippen LogP contribution is -2.55. The smallest absolute Gasteiger partial charge is 0.264 e. The Kier molecular flexibility index (Phi) is 12.5. The number of para-hydroxylation sites is 1. The number of hydrogen-bond donors (Lipinski definition) is 3. The molecular weight excluding hydrogens is 847 g/mol. The molecular formula is C44H50ClN10O7P. The second kappa shape index (κ2) is 18.0. The zero-order chi connectivity index (χ0) is 44.6. The van der Waals surface area contributed by atoms with Crippen LogP contribution < -0.4 is 30.9 Å². The lowest BCUT2D eigenvalue weighted by atomic mass is 10.0. The summed E-state index contributed by atoms with van der Waals surface area (Å²) in [5.74, 6) is -0.933. The molecule has 330 valence electrons. The molecule has 0 saturated carbocycles. The van der Waals surface area contributed by atoms with Gasteiger partial charge in [0.2, 0.25) is 17.8 Å². The number of fused-ring (bicyclic) bond motifs is 1. The molecule has 1 atom stereocenters. The van der Waals surface area contributed by atoms with Gasteiger partial charge < -0.3 is 35.1 Å². The average Bonchev–Trinajstić information content (AvgIpc) is 3.54. The minimum absolute atomic E-state index is 0.0582. The maximum atomic E-state index is 13.6. The Morgan fingerprint density at radius 2 is 1.60 bits per heavy atom. The minimum Gasteiger partial charge on any atom is -0.494 e. The SMILES string of the molecule is COc1cc(N2CCC(N3CCN(C(=O)CNc4cccc5c4C(=O)N(C4CCC(=O)N(C)C4=O)C5=O)CC3)CC2)ccc1Nc1ncc(Cl)c(Nc2ccccc2P(C)(C)=O)n1. The van der Waals surface area contributed by atoms with E-state index in [-0.39, 0.29) is 42.3 Å². The molecule has 0 aliphatic carbocycles. The number of piperazine rings is 1. The van der Waals surface area contributed by atoms with Crippen LogP contribution in [0.2, 0.25) is 5.02 Å². The lowest BCUT2D eigenvalue weighted by Gasteiger charge is -2.43. The number of likely N-dealkylation sites (tertiary alicyclic amines) is 1. The van der Waals surface area contributed by atoms with Gasteiger partial charge in [-0.05, 0) is 69.0 Å². The van der Waals surface area contributed by atoms with Crippen LogP contribution in [-0.4, -0.2) is 144 Å². The van der Waals surface area contributed by atoms with E-state index in [1.165, 1.54) is 19.3 Å². The summed E-state index contributed by atoms with van der Waals surface area (Å²) in [5, 5.41) is 10.6. The zero-order valence-corrected chi connectivity index (χ0v) is 37.2. The predicted octanol–water partition coefficient (Wildman–Crippen LogP) is 4.84. The van der Waals surface area contributed by atoms with Crippen LogP contribution in [-0.2, 0) is 18.9 Å². The van der Waals surface area contributed by atoms with Gasteiger partial charge in [-0.1, -0.05) is 29.8 Å². The van der Waals surface area contributed by atoms with Crippen molar-refractivity contribution in [1.29, 1.82) is 0 Å². The second-order valence-corrected chi connectivity index (χ2v) is 20.0. The molecule has 17 nitrogen and oxygen atoms in total. The van der Waals surface area contributed by atoms with Gasteiger partial charge in [0.05, 0.1) is 42.4 Å². The Labute approximate surface area is 370 Å². The molecule has 4 aliphatic rings. The number of amides is 5. The predicted molar refractivity (Wildman–Crippen MR) is 242 cm³/mol. The van der Waals surface area contributed by atoms with Gasteiger partial charge in [-0.3, -0.25) is 38.7 Å². The molecule has 3 fully saturated rings. The molecule has 5 heterocycles. The number of nitrogens with zero attached hydrogens (tertiary/aromatic N) is 7. The molecule has 8 rings (SSSR count). The van der Waals surface area contributed by atoms with E-state index in [9.17, 15) is 28.5 Å². The van der Waals surface area contributed by atoms with Gasteiger partial charge in [0.25, 0.3) is 17.7 Å². The van der Waals surface area contributed by atoms with Gasteiger partial charge >= 0.3 is 0 Å². The lowest BCUT2D eigenvalue weighted by molar-refractivity contribution is -0.149. The quantitative estimate of drug-likeness (QED) is 0.129. The van der Waals surface area contributed by atoms with Crippen molar-refractivity contribution >= 4 is 88.1 Å². The van der Waals surface area contributed by atoms with Gasteiger partial charge in [-0.2, -0.15) is 4.98 Å². The third kappa shape index (κ3) is 8.95. The number of rotatable bonds is 12. The number of aromatic nitrogens is 2. The molecule has 3 N–H and O–H groups in total. The minimum atomic E-state index is -2.57.